The van der Waals surface area contributed by atoms with Crippen molar-refractivity contribution in [2.24, 2.45) is 0 Å². The number of hydrogen-bond acceptors (Lipinski definition) is 5. The molecule has 7 heteroatoms. The summed E-state index contributed by atoms with van der Waals surface area (Å²) in [5.41, 5.74) is 7.95. The Kier molecular flexibility index (Phi) is 3.83. The monoisotopic (exact) mass is 409 g/mol. The first kappa shape index (κ1) is 17.7. The predicted octanol–water partition coefficient (Wildman–Crippen LogP) is 4.23. The molecule has 1 amide bonds. The summed E-state index contributed by atoms with van der Waals surface area (Å²) in [6.07, 6.45) is 5.45. The van der Waals surface area contributed by atoms with Gasteiger partial charge >= 0.3 is 0 Å². The minimum absolute atomic E-state index is 0.117. The lowest BCUT2D eigenvalue weighted by atomic mass is 9.96. The van der Waals surface area contributed by atoms with E-state index in [1.165, 1.54) is 0 Å². The highest BCUT2D eigenvalue weighted by molar-refractivity contribution is 6.35. The standard InChI is InChI=1S/C24H19N5O2/c1-13-19(12-27-24-21(13)25-7-8-31-24)14-4-5-20-17(10-14)18(23(30)29-20)11-16-9-15-3-2-6-26-22(15)28-16/h2-6,9-12,25H,7-8H2,1H3,(H,26,28)(H,29,30)/b18-11-. The molecule has 3 aromatic heterocycles. The lowest BCUT2D eigenvalue weighted by Gasteiger charge is -2.21. The van der Waals surface area contributed by atoms with E-state index in [0.717, 1.165) is 56.9 Å². The number of aromatic amines is 1. The first-order chi connectivity index (χ1) is 15.2. The quantitative estimate of drug-likeness (QED) is 0.431. The lowest BCUT2D eigenvalue weighted by molar-refractivity contribution is -0.110. The van der Waals surface area contributed by atoms with Gasteiger partial charge in [0.15, 0.2) is 0 Å². The van der Waals surface area contributed by atoms with Gasteiger partial charge in [-0.3, -0.25) is 4.79 Å². The van der Waals surface area contributed by atoms with Crippen molar-refractivity contribution >= 4 is 40.0 Å². The molecule has 0 saturated heterocycles. The summed E-state index contributed by atoms with van der Waals surface area (Å²) in [5.74, 6) is 0.521. The third kappa shape index (κ3) is 2.85. The molecule has 3 N–H and O–H groups in total. The van der Waals surface area contributed by atoms with Crippen molar-refractivity contribution in [2.45, 2.75) is 6.92 Å². The Hall–Kier alpha value is -4.13. The van der Waals surface area contributed by atoms with Crippen LogP contribution in [0.3, 0.4) is 0 Å². The number of carbonyl (C=O) groups excluding carboxylic acids is 1. The molecule has 0 fully saturated rings. The second kappa shape index (κ2) is 6.70. The third-order valence-electron chi connectivity index (χ3n) is 5.77. The number of amides is 1. The molecule has 0 unspecified atom stereocenters. The van der Waals surface area contributed by atoms with E-state index in [1.807, 2.05) is 48.7 Å². The minimum atomic E-state index is -0.117. The minimum Gasteiger partial charge on any atom is -0.474 e. The average molecular weight is 409 g/mol. The van der Waals surface area contributed by atoms with Gasteiger partial charge in [-0.1, -0.05) is 6.07 Å². The van der Waals surface area contributed by atoms with Crippen molar-refractivity contribution in [1.82, 2.24) is 15.0 Å². The summed E-state index contributed by atoms with van der Waals surface area (Å²) in [5, 5.41) is 7.35. The molecule has 0 atom stereocenters. The highest BCUT2D eigenvalue weighted by Crippen LogP contribution is 2.39. The Morgan fingerprint density at radius 1 is 1.13 bits per heavy atom. The van der Waals surface area contributed by atoms with Crippen LogP contribution in [-0.2, 0) is 4.79 Å². The molecule has 6 rings (SSSR count). The second-order valence-electron chi connectivity index (χ2n) is 7.69. The maximum Gasteiger partial charge on any atom is 0.256 e. The normalized spacial score (nSPS) is 15.9. The van der Waals surface area contributed by atoms with Gasteiger partial charge in [-0.2, -0.15) is 0 Å². The maximum absolute atomic E-state index is 12.7. The summed E-state index contributed by atoms with van der Waals surface area (Å²) >= 11 is 0. The summed E-state index contributed by atoms with van der Waals surface area (Å²) in [4.78, 5) is 24.8. The zero-order valence-electron chi connectivity index (χ0n) is 16.8. The Balaban J connectivity index is 1.45. The van der Waals surface area contributed by atoms with E-state index in [2.05, 4.69) is 32.5 Å². The van der Waals surface area contributed by atoms with E-state index < -0.39 is 0 Å². The molecule has 1 aromatic carbocycles. The molecule has 4 aromatic rings. The number of fused-ring (bicyclic) bond motifs is 3. The van der Waals surface area contributed by atoms with Crippen molar-refractivity contribution in [2.75, 3.05) is 23.8 Å². The van der Waals surface area contributed by atoms with Gasteiger partial charge in [0.25, 0.3) is 5.91 Å². The van der Waals surface area contributed by atoms with E-state index in [9.17, 15) is 4.79 Å². The topological polar surface area (TPSA) is 91.9 Å². The molecule has 2 aliphatic heterocycles. The Labute approximate surface area is 178 Å². The molecule has 0 saturated carbocycles. The number of hydrogen-bond donors (Lipinski definition) is 3. The van der Waals surface area contributed by atoms with Crippen LogP contribution in [0.4, 0.5) is 11.4 Å². The number of aromatic nitrogens is 3. The third-order valence-corrected chi connectivity index (χ3v) is 5.77. The largest absolute Gasteiger partial charge is 0.474 e. The first-order valence-electron chi connectivity index (χ1n) is 10.2. The number of anilines is 2. The van der Waals surface area contributed by atoms with Crippen molar-refractivity contribution in [3.05, 3.63) is 65.6 Å². The van der Waals surface area contributed by atoms with Crippen molar-refractivity contribution in [1.29, 1.82) is 0 Å². The number of carbonyl (C=O) groups is 1. The van der Waals surface area contributed by atoms with Gasteiger partial charge in [-0.25, -0.2) is 9.97 Å². The van der Waals surface area contributed by atoms with Gasteiger partial charge in [0.05, 0.1) is 5.57 Å². The zero-order chi connectivity index (χ0) is 20.9. The van der Waals surface area contributed by atoms with Crippen LogP contribution in [0.2, 0.25) is 0 Å². The van der Waals surface area contributed by atoms with Crippen LogP contribution in [0.5, 0.6) is 5.88 Å². The SMILES string of the molecule is Cc1c(-c2ccc3c(c2)/C(=C/c2cc4cccnc4[nH]2)C(=O)N3)cnc2c1NCCO2. The summed E-state index contributed by atoms with van der Waals surface area (Å²) in [7, 11) is 0. The molecule has 7 nitrogen and oxygen atoms in total. The van der Waals surface area contributed by atoms with Gasteiger partial charge in [-0.05, 0) is 54.5 Å². The van der Waals surface area contributed by atoms with E-state index in [4.69, 9.17) is 4.74 Å². The van der Waals surface area contributed by atoms with Crippen molar-refractivity contribution in [3.63, 3.8) is 0 Å². The molecule has 0 radical (unpaired) electrons. The van der Waals surface area contributed by atoms with Gasteiger partial charge in [0.1, 0.15) is 17.9 Å². The van der Waals surface area contributed by atoms with Gasteiger partial charge in [-0.15, -0.1) is 0 Å². The number of pyridine rings is 2. The number of rotatable bonds is 2. The molecule has 0 bridgehead atoms. The molecule has 5 heterocycles. The van der Waals surface area contributed by atoms with Crippen LogP contribution >= 0.6 is 0 Å². The molecule has 152 valence electrons. The zero-order valence-corrected chi connectivity index (χ0v) is 16.8. The van der Waals surface area contributed by atoms with E-state index in [-0.39, 0.29) is 5.91 Å². The molecule has 31 heavy (non-hydrogen) atoms. The van der Waals surface area contributed by atoms with E-state index in [0.29, 0.717) is 18.1 Å². The Bertz CT molecular complexity index is 1370. The number of benzene rings is 1. The summed E-state index contributed by atoms with van der Waals surface area (Å²) in [6.45, 7) is 3.43. The predicted molar refractivity (Wildman–Crippen MR) is 121 cm³/mol. The fourth-order valence-corrected chi connectivity index (χ4v) is 4.22. The highest BCUT2D eigenvalue weighted by atomic mass is 16.5. The van der Waals surface area contributed by atoms with Crippen molar-refractivity contribution in [3.8, 4) is 17.0 Å². The van der Waals surface area contributed by atoms with E-state index >= 15 is 0 Å². The summed E-state index contributed by atoms with van der Waals surface area (Å²) in [6, 6.07) is 11.9. The van der Waals surface area contributed by atoms with E-state index in [1.54, 1.807) is 6.20 Å². The Morgan fingerprint density at radius 2 is 2.06 bits per heavy atom. The fourth-order valence-electron chi connectivity index (χ4n) is 4.22. The van der Waals surface area contributed by atoms with Gasteiger partial charge in [0.2, 0.25) is 5.88 Å². The van der Waals surface area contributed by atoms with Crippen LogP contribution in [0.25, 0.3) is 33.8 Å². The van der Waals surface area contributed by atoms with Gasteiger partial charge in [0, 0.05) is 46.8 Å². The molecular formula is C24H19N5O2. The van der Waals surface area contributed by atoms with Crippen LogP contribution < -0.4 is 15.4 Å². The van der Waals surface area contributed by atoms with Crippen LogP contribution in [0.15, 0.2) is 48.8 Å². The van der Waals surface area contributed by atoms with Crippen LogP contribution in [0.1, 0.15) is 16.8 Å². The molecule has 0 aliphatic carbocycles. The van der Waals surface area contributed by atoms with Crippen LogP contribution in [-0.4, -0.2) is 34.0 Å². The lowest BCUT2D eigenvalue weighted by Crippen LogP contribution is -2.20. The first-order valence-corrected chi connectivity index (χ1v) is 10.2. The average Bonchev–Trinajstić information content (AvgIpc) is 3.34. The van der Waals surface area contributed by atoms with Crippen molar-refractivity contribution < 1.29 is 9.53 Å². The molecule has 2 aliphatic rings. The number of nitrogens with zero attached hydrogens (tertiary/aromatic N) is 2. The number of ether oxygens (including phenoxy) is 1. The van der Waals surface area contributed by atoms with Crippen LogP contribution in [0, 0.1) is 6.92 Å². The summed E-state index contributed by atoms with van der Waals surface area (Å²) < 4.78 is 5.65. The highest BCUT2D eigenvalue weighted by Gasteiger charge is 2.26. The van der Waals surface area contributed by atoms with Gasteiger partial charge < -0.3 is 20.4 Å². The fraction of sp³-hybridized carbons (Fsp3) is 0.125. The smallest absolute Gasteiger partial charge is 0.256 e. The number of H-pyrrole nitrogens is 1. The Morgan fingerprint density at radius 3 is 2.97 bits per heavy atom. The second-order valence-corrected chi connectivity index (χ2v) is 7.69. The molecular weight excluding hydrogens is 390 g/mol. The molecule has 0 spiro atoms. The number of nitrogens with one attached hydrogen (secondary N) is 3. The maximum atomic E-state index is 12.7.